The number of carbonyl (C=O) groups is 2. The summed E-state index contributed by atoms with van der Waals surface area (Å²) >= 11 is 0. The van der Waals surface area contributed by atoms with Crippen molar-refractivity contribution in [2.75, 3.05) is 11.9 Å². The predicted molar refractivity (Wildman–Crippen MR) is 99.0 cm³/mol. The molecule has 148 valence electrons. The summed E-state index contributed by atoms with van der Waals surface area (Å²) in [6.45, 7) is 1.61. The van der Waals surface area contributed by atoms with Crippen molar-refractivity contribution in [3.8, 4) is 5.75 Å². The summed E-state index contributed by atoms with van der Waals surface area (Å²) in [6, 6.07) is 11.2. The molecule has 2 aromatic carbocycles. The fourth-order valence-electron chi connectivity index (χ4n) is 2.16. The van der Waals surface area contributed by atoms with Crippen molar-refractivity contribution in [3.63, 3.8) is 0 Å². The molecule has 2 aromatic rings. The number of nitrogens with one attached hydrogen (secondary N) is 3. The lowest BCUT2D eigenvalue weighted by Crippen LogP contribution is -2.47. The van der Waals surface area contributed by atoms with Crippen molar-refractivity contribution in [3.05, 3.63) is 64.5 Å². The summed E-state index contributed by atoms with van der Waals surface area (Å²) in [4.78, 5) is 34.1. The van der Waals surface area contributed by atoms with Gasteiger partial charge in [-0.1, -0.05) is 12.1 Å². The molecule has 0 aliphatic rings. The number of ether oxygens (including phenoxy) is 1. The number of nitro benzene ring substituents is 1. The highest BCUT2D eigenvalue weighted by Gasteiger charge is 2.16. The molecule has 0 spiro atoms. The van der Waals surface area contributed by atoms with Crippen LogP contribution in [0.5, 0.6) is 5.75 Å². The maximum absolute atomic E-state index is 12.8. The number of anilines is 1. The molecule has 0 heterocycles. The second kappa shape index (κ2) is 9.86. The quantitative estimate of drug-likeness (QED) is 0.469. The van der Waals surface area contributed by atoms with E-state index in [0.29, 0.717) is 11.4 Å². The van der Waals surface area contributed by atoms with Gasteiger partial charge in [-0.15, -0.1) is 0 Å². The van der Waals surface area contributed by atoms with E-state index in [2.05, 4.69) is 16.2 Å². The zero-order valence-corrected chi connectivity index (χ0v) is 15.0. The standard InChI is InChI=1S/C18H19FN4O5/c1-12(28-14-8-6-13(19)7-9-14)18(25)22-21-17(24)10-11-20-15-4-2-3-5-16(15)23(26)27/h2-9,12,20H,10-11H2,1H3,(H,21,24)(H,22,25). The summed E-state index contributed by atoms with van der Waals surface area (Å²) in [6.07, 6.45) is -0.949. The number of hydrogen-bond donors (Lipinski definition) is 3. The lowest BCUT2D eigenvalue weighted by molar-refractivity contribution is -0.384. The zero-order chi connectivity index (χ0) is 20.5. The second-order valence-corrected chi connectivity index (χ2v) is 5.70. The first kappa shape index (κ1) is 20.6. The predicted octanol–water partition coefficient (Wildman–Crippen LogP) is 2.15. The molecule has 28 heavy (non-hydrogen) atoms. The van der Waals surface area contributed by atoms with E-state index in [-0.39, 0.29) is 18.7 Å². The minimum Gasteiger partial charge on any atom is -0.481 e. The molecule has 1 unspecified atom stereocenters. The Kier molecular flexibility index (Phi) is 7.26. The van der Waals surface area contributed by atoms with Crippen molar-refractivity contribution in [2.45, 2.75) is 19.4 Å². The lowest BCUT2D eigenvalue weighted by atomic mass is 10.2. The Bertz CT molecular complexity index is 844. The van der Waals surface area contributed by atoms with Crippen LogP contribution in [0.2, 0.25) is 0 Å². The Morgan fingerprint density at radius 1 is 1.14 bits per heavy atom. The van der Waals surface area contributed by atoms with Crippen LogP contribution < -0.4 is 20.9 Å². The van der Waals surface area contributed by atoms with Crippen molar-refractivity contribution >= 4 is 23.2 Å². The number of rotatable bonds is 8. The number of carbonyl (C=O) groups excluding carboxylic acids is 2. The van der Waals surface area contributed by atoms with Crippen LogP contribution in [0.15, 0.2) is 48.5 Å². The van der Waals surface area contributed by atoms with Crippen LogP contribution in [-0.2, 0) is 9.59 Å². The van der Waals surface area contributed by atoms with Crippen LogP contribution in [0, 0.1) is 15.9 Å². The molecule has 0 saturated heterocycles. The van der Waals surface area contributed by atoms with E-state index in [1.165, 1.54) is 43.3 Å². The average Bonchev–Trinajstić information content (AvgIpc) is 2.68. The largest absolute Gasteiger partial charge is 0.481 e. The summed E-state index contributed by atoms with van der Waals surface area (Å²) in [5.41, 5.74) is 4.65. The maximum atomic E-state index is 12.8. The number of halogens is 1. The molecule has 2 rings (SSSR count). The van der Waals surface area contributed by atoms with E-state index >= 15 is 0 Å². The third-order valence-corrected chi connectivity index (χ3v) is 3.59. The van der Waals surface area contributed by atoms with Gasteiger partial charge in [-0.05, 0) is 37.3 Å². The van der Waals surface area contributed by atoms with Gasteiger partial charge in [0, 0.05) is 19.0 Å². The Morgan fingerprint density at radius 3 is 2.50 bits per heavy atom. The van der Waals surface area contributed by atoms with Crippen LogP contribution in [0.1, 0.15) is 13.3 Å². The van der Waals surface area contributed by atoms with Crippen LogP contribution in [0.25, 0.3) is 0 Å². The summed E-state index contributed by atoms with van der Waals surface area (Å²) in [7, 11) is 0. The molecular formula is C18H19FN4O5. The highest BCUT2D eigenvalue weighted by atomic mass is 19.1. The molecule has 2 amide bonds. The number of benzene rings is 2. The van der Waals surface area contributed by atoms with Gasteiger partial charge in [0.1, 0.15) is 17.3 Å². The fraction of sp³-hybridized carbons (Fsp3) is 0.222. The molecule has 1 atom stereocenters. The van der Waals surface area contributed by atoms with E-state index in [1.54, 1.807) is 12.1 Å². The van der Waals surface area contributed by atoms with Crippen LogP contribution in [-0.4, -0.2) is 29.4 Å². The van der Waals surface area contributed by atoms with Crippen molar-refractivity contribution in [1.29, 1.82) is 0 Å². The first-order chi connectivity index (χ1) is 13.4. The molecular weight excluding hydrogens is 371 g/mol. The molecule has 0 bridgehead atoms. The third kappa shape index (κ3) is 6.24. The average molecular weight is 390 g/mol. The van der Waals surface area contributed by atoms with E-state index < -0.39 is 28.7 Å². The van der Waals surface area contributed by atoms with Gasteiger partial charge in [-0.2, -0.15) is 0 Å². The third-order valence-electron chi connectivity index (χ3n) is 3.59. The maximum Gasteiger partial charge on any atom is 0.292 e. The Balaban J connectivity index is 1.72. The Morgan fingerprint density at radius 2 is 1.82 bits per heavy atom. The fourth-order valence-corrected chi connectivity index (χ4v) is 2.16. The first-order valence-corrected chi connectivity index (χ1v) is 8.35. The number of nitrogens with zero attached hydrogens (tertiary/aromatic N) is 1. The van der Waals surface area contributed by atoms with E-state index in [1.807, 2.05) is 0 Å². The minimum absolute atomic E-state index is 0.0282. The van der Waals surface area contributed by atoms with Crippen molar-refractivity contribution in [2.24, 2.45) is 0 Å². The molecule has 0 fully saturated rings. The van der Waals surface area contributed by atoms with Gasteiger partial charge >= 0.3 is 0 Å². The molecule has 0 radical (unpaired) electrons. The Labute approximate surface area is 160 Å². The summed E-state index contributed by atoms with van der Waals surface area (Å²) < 4.78 is 18.2. The SMILES string of the molecule is CC(Oc1ccc(F)cc1)C(=O)NNC(=O)CCNc1ccccc1[N+](=O)[O-]. The van der Waals surface area contributed by atoms with Gasteiger partial charge < -0.3 is 10.1 Å². The summed E-state index contributed by atoms with van der Waals surface area (Å²) in [5.74, 6) is -1.20. The minimum atomic E-state index is -0.921. The number of nitro groups is 1. The highest BCUT2D eigenvalue weighted by Crippen LogP contribution is 2.22. The van der Waals surface area contributed by atoms with E-state index in [0.717, 1.165) is 0 Å². The van der Waals surface area contributed by atoms with Gasteiger partial charge in [-0.25, -0.2) is 4.39 Å². The molecule has 0 aliphatic heterocycles. The van der Waals surface area contributed by atoms with Gasteiger partial charge in [-0.3, -0.25) is 30.6 Å². The molecule has 3 N–H and O–H groups in total. The lowest BCUT2D eigenvalue weighted by Gasteiger charge is -2.15. The topological polar surface area (TPSA) is 123 Å². The van der Waals surface area contributed by atoms with Gasteiger partial charge in [0.15, 0.2) is 6.10 Å². The molecule has 0 aromatic heterocycles. The van der Waals surface area contributed by atoms with Gasteiger partial charge in [0.25, 0.3) is 11.6 Å². The second-order valence-electron chi connectivity index (χ2n) is 5.70. The van der Waals surface area contributed by atoms with Crippen molar-refractivity contribution < 1.29 is 23.6 Å². The van der Waals surface area contributed by atoms with Crippen molar-refractivity contribution in [1.82, 2.24) is 10.9 Å². The smallest absolute Gasteiger partial charge is 0.292 e. The Hall–Kier alpha value is -3.69. The van der Waals surface area contributed by atoms with E-state index in [4.69, 9.17) is 4.74 Å². The number of para-hydroxylation sites is 2. The molecule has 9 nitrogen and oxygen atoms in total. The number of hydrazine groups is 1. The van der Waals surface area contributed by atoms with Gasteiger partial charge in [0.05, 0.1) is 4.92 Å². The number of hydrogen-bond acceptors (Lipinski definition) is 6. The summed E-state index contributed by atoms with van der Waals surface area (Å²) in [5, 5.41) is 13.7. The monoisotopic (exact) mass is 390 g/mol. The van der Waals surface area contributed by atoms with Crippen LogP contribution in [0.4, 0.5) is 15.8 Å². The molecule has 10 heteroatoms. The van der Waals surface area contributed by atoms with Crippen LogP contribution >= 0.6 is 0 Å². The number of amides is 2. The first-order valence-electron chi connectivity index (χ1n) is 8.35. The highest BCUT2D eigenvalue weighted by molar-refractivity contribution is 5.84. The normalized spacial score (nSPS) is 11.2. The van der Waals surface area contributed by atoms with Gasteiger partial charge in [0.2, 0.25) is 5.91 Å². The van der Waals surface area contributed by atoms with Crippen LogP contribution in [0.3, 0.4) is 0 Å². The van der Waals surface area contributed by atoms with E-state index in [9.17, 15) is 24.1 Å². The zero-order valence-electron chi connectivity index (χ0n) is 15.0. The molecule has 0 saturated carbocycles. The molecule has 0 aliphatic carbocycles.